The molecule has 0 aromatic carbocycles. The molecule has 88 valence electrons. The maximum absolute atomic E-state index is 11.5. The zero-order valence-electron chi connectivity index (χ0n) is 9.49. The van der Waals surface area contributed by atoms with Crippen LogP contribution >= 0.6 is 0 Å². The number of carbonyl (C=O) groups excluding carboxylic acids is 2. The van der Waals surface area contributed by atoms with Gasteiger partial charge in [0.1, 0.15) is 6.04 Å². The van der Waals surface area contributed by atoms with E-state index in [9.17, 15) is 9.59 Å². The van der Waals surface area contributed by atoms with Crippen LogP contribution in [0.1, 0.15) is 27.2 Å². The summed E-state index contributed by atoms with van der Waals surface area (Å²) in [5.74, 6) is -0.614. The Labute approximate surface area is 90.0 Å². The smallest absolute Gasteiger partial charge is 0.237 e. The van der Waals surface area contributed by atoms with Crippen molar-refractivity contribution in [3.05, 3.63) is 0 Å². The summed E-state index contributed by atoms with van der Waals surface area (Å²) >= 11 is 0. The number of hydrogen-bond acceptors (Lipinski definition) is 4. The SMILES string of the molecule is CC[C@H](C)C(N)C(=O)N[C@@H](CO)C(C)=O. The van der Waals surface area contributed by atoms with Gasteiger partial charge in [-0.3, -0.25) is 9.59 Å². The molecule has 0 aromatic rings. The maximum Gasteiger partial charge on any atom is 0.237 e. The van der Waals surface area contributed by atoms with Gasteiger partial charge in [0, 0.05) is 0 Å². The van der Waals surface area contributed by atoms with Crippen LogP contribution in [0.3, 0.4) is 0 Å². The van der Waals surface area contributed by atoms with E-state index in [0.717, 1.165) is 6.42 Å². The Kier molecular flexibility index (Phi) is 6.12. The normalized spacial score (nSPS) is 16.6. The first kappa shape index (κ1) is 14.1. The van der Waals surface area contributed by atoms with Crippen molar-refractivity contribution in [3.63, 3.8) is 0 Å². The summed E-state index contributed by atoms with van der Waals surface area (Å²) in [4.78, 5) is 22.5. The number of aliphatic hydroxyl groups excluding tert-OH is 1. The number of nitrogens with two attached hydrogens (primary N) is 1. The molecule has 0 aliphatic heterocycles. The van der Waals surface area contributed by atoms with E-state index in [2.05, 4.69) is 5.32 Å². The highest BCUT2D eigenvalue weighted by molar-refractivity contribution is 5.89. The fourth-order valence-corrected chi connectivity index (χ4v) is 1.06. The van der Waals surface area contributed by atoms with E-state index in [1.54, 1.807) is 0 Å². The number of amides is 1. The molecule has 0 fully saturated rings. The molecule has 0 aromatic heterocycles. The van der Waals surface area contributed by atoms with Gasteiger partial charge in [0.2, 0.25) is 5.91 Å². The van der Waals surface area contributed by atoms with Crippen LogP contribution in [0.25, 0.3) is 0 Å². The molecule has 15 heavy (non-hydrogen) atoms. The second kappa shape index (κ2) is 6.53. The first-order chi connectivity index (χ1) is 6.93. The van der Waals surface area contributed by atoms with Crippen molar-refractivity contribution in [1.29, 1.82) is 0 Å². The van der Waals surface area contributed by atoms with Crippen molar-refractivity contribution in [2.45, 2.75) is 39.3 Å². The van der Waals surface area contributed by atoms with E-state index in [4.69, 9.17) is 10.8 Å². The maximum atomic E-state index is 11.5. The Morgan fingerprint density at radius 1 is 1.47 bits per heavy atom. The summed E-state index contributed by atoms with van der Waals surface area (Å²) < 4.78 is 0. The number of hydrogen-bond donors (Lipinski definition) is 3. The Morgan fingerprint density at radius 2 is 2.00 bits per heavy atom. The molecule has 1 amide bonds. The minimum atomic E-state index is -0.840. The van der Waals surface area contributed by atoms with Crippen LogP contribution in [0.15, 0.2) is 0 Å². The lowest BCUT2D eigenvalue weighted by atomic mass is 9.99. The molecule has 5 heteroatoms. The third-order valence-electron chi connectivity index (χ3n) is 2.55. The van der Waals surface area contributed by atoms with Crippen molar-refractivity contribution in [1.82, 2.24) is 5.32 Å². The van der Waals surface area contributed by atoms with Gasteiger partial charge in [0.15, 0.2) is 5.78 Å². The predicted molar refractivity (Wildman–Crippen MR) is 57.1 cm³/mol. The molecule has 4 N–H and O–H groups in total. The Bertz CT molecular complexity index is 231. The lowest BCUT2D eigenvalue weighted by Crippen LogP contribution is -2.51. The van der Waals surface area contributed by atoms with Gasteiger partial charge in [0.25, 0.3) is 0 Å². The fraction of sp³-hybridized carbons (Fsp3) is 0.800. The van der Waals surface area contributed by atoms with Crippen LogP contribution in [0.2, 0.25) is 0 Å². The second-order valence-corrected chi connectivity index (χ2v) is 3.77. The summed E-state index contributed by atoms with van der Waals surface area (Å²) in [5, 5.41) is 11.3. The summed E-state index contributed by atoms with van der Waals surface area (Å²) in [6.45, 7) is 4.72. The van der Waals surface area contributed by atoms with Gasteiger partial charge in [-0.05, 0) is 12.8 Å². The van der Waals surface area contributed by atoms with Crippen molar-refractivity contribution in [2.24, 2.45) is 11.7 Å². The number of rotatable bonds is 6. The first-order valence-electron chi connectivity index (χ1n) is 5.11. The van der Waals surface area contributed by atoms with Gasteiger partial charge in [-0.15, -0.1) is 0 Å². The number of ketones is 1. The van der Waals surface area contributed by atoms with Gasteiger partial charge < -0.3 is 16.2 Å². The number of nitrogens with one attached hydrogen (secondary N) is 1. The molecule has 0 aliphatic rings. The molecule has 0 saturated heterocycles. The minimum Gasteiger partial charge on any atom is -0.394 e. The average molecular weight is 216 g/mol. The molecule has 0 bridgehead atoms. The summed E-state index contributed by atoms with van der Waals surface area (Å²) in [5.41, 5.74) is 5.67. The van der Waals surface area contributed by atoms with Crippen LogP contribution in [-0.2, 0) is 9.59 Å². The standard InChI is InChI=1S/C10H20N2O3/c1-4-6(2)9(11)10(15)12-8(5-13)7(3)14/h6,8-9,13H,4-5,11H2,1-3H3,(H,12,15)/t6-,8-,9?/m0/s1. The summed E-state index contributed by atoms with van der Waals surface area (Å²) in [7, 11) is 0. The Hall–Kier alpha value is -0.940. The molecule has 5 nitrogen and oxygen atoms in total. The van der Waals surface area contributed by atoms with Gasteiger partial charge in [-0.1, -0.05) is 20.3 Å². The van der Waals surface area contributed by atoms with Crippen LogP contribution in [0, 0.1) is 5.92 Å². The lowest BCUT2D eigenvalue weighted by molar-refractivity contribution is -0.129. The molecule has 0 rings (SSSR count). The monoisotopic (exact) mass is 216 g/mol. The lowest BCUT2D eigenvalue weighted by Gasteiger charge is -2.20. The highest BCUT2D eigenvalue weighted by atomic mass is 16.3. The molecule has 0 heterocycles. The third-order valence-corrected chi connectivity index (χ3v) is 2.55. The highest BCUT2D eigenvalue weighted by Gasteiger charge is 2.23. The van der Waals surface area contributed by atoms with Gasteiger partial charge >= 0.3 is 0 Å². The molecule has 0 saturated carbocycles. The average Bonchev–Trinajstić information content (AvgIpc) is 2.22. The van der Waals surface area contributed by atoms with E-state index >= 15 is 0 Å². The van der Waals surface area contributed by atoms with Crippen LogP contribution in [0.5, 0.6) is 0 Å². The molecule has 1 unspecified atom stereocenters. The van der Waals surface area contributed by atoms with E-state index in [0.29, 0.717) is 0 Å². The summed E-state index contributed by atoms with van der Waals surface area (Å²) in [6, 6.07) is -1.48. The van der Waals surface area contributed by atoms with Crippen LogP contribution < -0.4 is 11.1 Å². The van der Waals surface area contributed by atoms with Gasteiger partial charge in [-0.25, -0.2) is 0 Å². The highest BCUT2D eigenvalue weighted by Crippen LogP contribution is 2.05. The van der Waals surface area contributed by atoms with E-state index in [1.807, 2.05) is 13.8 Å². The fourth-order valence-electron chi connectivity index (χ4n) is 1.06. The van der Waals surface area contributed by atoms with Crippen molar-refractivity contribution >= 4 is 11.7 Å². The Balaban J connectivity index is 4.28. The van der Waals surface area contributed by atoms with Crippen LogP contribution in [0.4, 0.5) is 0 Å². The molecule has 0 aliphatic carbocycles. The largest absolute Gasteiger partial charge is 0.394 e. The van der Waals surface area contributed by atoms with Gasteiger partial charge in [0.05, 0.1) is 12.6 Å². The second-order valence-electron chi connectivity index (χ2n) is 3.77. The quantitative estimate of drug-likeness (QED) is 0.554. The number of Topliss-reactive ketones (excluding diaryl/α,β-unsaturated/α-hetero) is 1. The zero-order chi connectivity index (χ0) is 12.0. The van der Waals surface area contributed by atoms with Crippen LogP contribution in [-0.4, -0.2) is 35.5 Å². The topological polar surface area (TPSA) is 92.4 Å². The molecule has 0 radical (unpaired) electrons. The third kappa shape index (κ3) is 4.40. The van der Waals surface area contributed by atoms with E-state index in [-0.39, 0.29) is 11.7 Å². The van der Waals surface area contributed by atoms with Gasteiger partial charge in [-0.2, -0.15) is 0 Å². The minimum absolute atomic E-state index is 0.0521. The van der Waals surface area contributed by atoms with Crippen molar-refractivity contribution in [2.75, 3.05) is 6.61 Å². The Morgan fingerprint density at radius 3 is 2.33 bits per heavy atom. The molecule has 3 atom stereocenters. The van der Waals surface area contributed by atoms with Crippen molar-refractivity contribution < 1.29 is 14.7 Å². The molecule has 0 spiro atoms. The number of aliphatic hydroxyl groups is 1. The first-order valence-corrected chi connectivity index (χ1v) is 5.11. The zero-order valence-corrected chi connectivity index (χ0v) is 9.49. The van der Waals surface area contributed by atoms with E-state index in [1.165, 1.54) is 6.92 Å². The summed E-state index contributed by atoms with van der Waals surface area (Å²) in [6.07, 6.45) is 0.790. The molecular weight excluding hydrogens is 196 g/mol. The number of carbonyl (C=O) groups is 2. The molecular formula is C10H20N2O3. The van der Waals surface area contributed by atoms with Crippen molar-refractivity contribution in [3.8, 4) is 0 Å². The predicted octanol–water partition coefficient (Wildman–Crippen LogP) is -0.574. The van der Waals surface area contributed by atoms with E-state index < -0.39 is 24.6 Å².